The highest BCUT2D eigenvalue weighted by molar-refractivity contribution is 5.91. The average Bonchev–Trinajstić information content (AvgIpc) is 2.89. The SMILES string of the molecule is CC(C)(C)OC(=O)NCC(=O)N1CCC[C@H]1C(=O)NCC(=O)O. The topological polar surface area (TPSA) is 125 Å². The zero-order valence-electron chi connectivity index (χ0n) is 13.5. The average molecular weight is 329 g/mol. The van der Waals surface area contributed by atoms with Gasteiger partial charge < -0.3 is 25.4 Å². The van der Waals surface area contributed by atoms with Gasteiger partial charge in [0.05, 0.1) is 0 Å². The van der Waals surface area contributed by atoms with Crippen LogP contribution in [0.1, 0.15) is 33.6 Å². The van der Waals surface area contributed by atoms with Crippen molar-refractivity contribution >= 4 is 23.9 Å². The first-order valence-corrected chi connectivity index (χ1v) is 7.36. The molecule has 1 aliphatic heterocycles. The van der Waals surface area contributed by atoms with E-state index in [0.29, 0.717) is 19.4 Å². The van der Waals surface area contributed by atoms with E-state index >= 15 is 0 Å². The molecule has 9 heteroatoms. The summed E-state index contributed by atoms with van der Waals surface area (Å²) in [6.07, 6.45) is 0.393. The number of aliphatic carboxylic acids is 1. The molecular formula is C14H23N3O6. The van der Waals surface area contributed by atoms with E-state index in [4.69, 9.17) is 9.84 Å². The Hall–Kier alpha value is -2.32. The van der Waals surface area contributed by atoms with Gasteiger partial charge in [0, 0.05) is 6.54 Å². The molecular weight excluding hydrogens is 306 g/mol. The fraction of sp³-hybridized carbons (Fsp3) is 0.714. The van der Waals surface area contributed by atoms with Crippen LogP contribution in [-0.4, -0.2) is 65.2 Å². The Morgan fingerprint density at radius 1 is 1.17 bits per heavy atom. The summed E-state index contributed by atoms with van der Waals surface area (Å²) in [6.45, 7) is 4.73. The summed E-state index contributed by atoms with van der Waals surface area (Å²) in [7, 11) is 0. The highest BCUT2D eigenvalue weighted by Gasteiger charge is 2.34. The minimum atomic E-state index is -1.15. The number of likely N-dealkylation sites (tertiary alicyclic amines) is 1. The number of carbonyl (C=O) groups excluding carboxylic acids is 3. The molecule has 0 radical (unpaired) electrons. The third-order valence-electron chi connectivity index (χ3n) is 3.07. The minimum absolute atomic E-state index is 0.280. The van der Waals surface area contributed by atoms with Gasteiger partial charge in [-0.3, -0.25) is 14.4 Å². The molecule has 1 atom stereocenters. The van der Waals surface area contributed by atoms with Crippen LogP contribution < -0.4 is 10.6 Å². The third kappa shape index (κ3) is 6.54. The number of ether oxygens (including phenoxy) is 1. The molecule has 130 valence electrons. The fourth-order valence-corrected chi connectivity index (χ4v) is 2.18. The van der Waals surface area contributed by atoms with Gasteiger partial charge in [-0.05, 0) is 33.6 Å². The van der Waals surface area contributed by atoms with Gasteiger partial charge >= 0.3 is 12.1 Å². The maximum absolute atomic E-state index is 12.1. The fourth-order valence-electron chi connectivity index (χ4n) is 2.18. The number of nitrogens with zero attached hydrogens (tertiary/aromatic N) is 1. The van der Waals surface area contributed by atoms with Gasteiger partial charge in [-0.15, -0.1) is 0 Å². The molecule has 0 aromatic heterocycles. The summed E-state index contributed by atoms with van der Waals surface area (Å²) >= 11 is 0. The first kappa shape index (κ1) is 18.7. The lowest BCUT2D eigenvalue weighted by Gasteiger charge is -2.24. The molecule has 1 saturated heterocycles. The number of rotatable bonds is 5. The van der Waals surface area contributed by atoms with E-state index in [9.17, 15) is 19.2 Å². The molecule has 0 aromatic carbocycles. The van der Waals surface area contributed by atoms with Crippen LogP contribution in [0.3, 0.4) is 0 Å². The van der Waals surface area contributed by atoms with Crippen LogP contribution >= 0.6 is 0 Å². The van der Waals surface area contributed by atoms with Crippen LogP contribution in [-0.2, 0) is 19.1 Å². The van der Waals surface area contributed by atoms with Gasteiger partial charge in [0.1, 0.15) is 24.7 Å². The summed E-state index contributed by atoms with van der Waals surface area (Å²) < 4.78 is 5.02. The molecule has 1 heterocycles. The van der Waals surface area contributed by atoms with Crippen LogP contribution in [0.5, 0.6) is 0 Å². The molecule has 0 aliphatic carbocycles. The Balaban J connectivity index is 2.49. The molecule has 1 rings (SSSR count). The van der Waals surface area contributed by atoms with Gasteiger partial charge in [0.15, 0.2) is 0 Å². The van der Waals surface area contributed by atoms with Crippen LogP contribution in [0, 0.1) is 0 Å². The van der Waals surface area contributed by atoms with E-state index in [1.165, 1.54) is 4.90 Å². The molecule has 1 fully saturated rings. The van der Waals surface area contributed by atoms with Gasteiger partial charge in [0.25, 0.3) is 0 Å². The number of amides is 3. The van der Waals surface area contributed by atoms with Crippen molar-refractivity contribution in [2.75, 3.05) is 19.6 Å². The van der Waals surface area contributed by atoms with Crippen molar-refractivity contribution in [3.8, 4) is 0 Å². The van der Waals surface area contributed by atoms with Crippen molar-refractivity contribution in [2.45, 2.75) is 45.3 Å². The molecule has 0 spiro atoms. The smallest absolute Gasteiger partial charge is 0.408 e. The minimum Gasteiger partial charge on any atom is -0.480 e. The molecule has 1 aliphatic rings. The zero-order valence-corrected chi connectivity index (χ0v) is 13.5. The van der Waals surface area contributed by atoms with Gasteiger partial charge in [-0.2, -0.15) is 0 Å². The van der Waals surface area contributed by atoms with Crippen molar-refractivity contribution in [3.63, 3.8) is 0 Å². The highest BCUT2D eigenvalue weighted by atomic mass is 16.6. The number of nitrogens with one attached hydrogen (secondary N) is 2. The van der Waals surface area contributed by atoms with Gasteiger partial charge in [-0.1, -0.05) is 0 Å². The van der Waals surface area contributed by atoms with E-state index < -0.39 is 42.1 Å². The van der Waals surface area contributed by atoms with E-state index in [2.05, 4.69) is 10.6 Å². The lowest BCUT2D eigenvalue weighted by Crippen LogP contribution is -2.50. The van der Waals surface area contributed by atoms with E-state index in [1.54, 1.807) is 20.8 Å². The number of carboxylic acid groups (broad SMARTS) is 1. The standard InChI is InChI=1S/C14H23N3O6/c1-14(2,3)23-13(22)16-7-10(18)17-6-4-5-9(17)12(21)15-8-11(19)20/h9H,4-8H2,1-3H3,(H,15,21)(H,16,22)(H,19,20)/t9-/m0/s1. The summed E-state index contributed by atoms with van der Waals surface area (Å²) in [5, 5.41) is 13.2. The molecule has 9 nitrogen and oxygen atoms in total. The second-order valence-electron chi connectivity index (χ2n) is 6.21. The normalized spacial score (nSPS) is 17.5. The number of carbonyl (C=O) groups is 4. The van der Waals surface area contributed by atoms with Crippen molar-refractivity contribution in [1.82, 2.24) is 15.5 Å². The lowest BCUT2D eigenvalue weighted by atomic mass is 10.2. The summed E-state index contributed by atoms with van der Waals surface area (Å²) in [4.78, 5) is 47.4. The van der Waals surface area contributed by atoms with Crippen molar-refractivity contribution in [1.29, 1.82) is 0 Å². The summed E-state index contributed by atoms with van der Waals surface area (Å²) in [5.74, 6) is -2.07. The van der Waals surface area contributed by atoms with Crippen LogP contribution in [0.4, 0.5) is 4.79 Å². The summed E-state index contributed by atoms with van der Waals surface area (Å²) in [5.41, 5.74) is -0.667. The zero-order chi connectivity index (χ0) is 17.6. The quantitative estimate of drug-likeness (QED) is 0.636. The Bertz CT molecular complexity index is 485. The maximum Gasteiger partial charge on any atom is 0.408 e. The molecule has 0 bridgehead atoms. The predicted octanol–water partition coefficient (Wildman–Crippen LogP) is -0.297. The van der Waals surface area contributed by atoms with Crippen molar-refractivity contribution in [2.24, 2.45) is 0 Å². The molecule has 3 amide bonds. The van der Waals surface area contributed by atoms with Crippen LogP contribution in [0.2, 0.25) is 0 Å². The molecule has 23 heavy (non-hydrogen) atoms. The third-order valence-corrected chi connectivity index (χ3v) is 3.07. The second kappa shape index (κ2) is 7.80. The molecule has 0 unspecified atom stereocenters. The lowest BCUT2D eigenvalue weighted by molar-refractivity contribution is -0.140. The number of hydrogen-bond acceptors (Lipinski definition) is 5. The number of hydrogen-bond donors (Lipinski definition) is 3. The Morgan fingerprint density at radius 3 is 2.39 bits per heavy atom. The van der Waals surface area contributed by atoms with E-state index in [1.807, 2.05) is 0 Å². The van der Waals surface area contributed by atoms with E-state index in [0.717, 1.165) is 0 Å². The number of carboxylic acids is 1. The number of alkyl carbamates (subject to hydrolysis) is 1. The van der Waals surface area contributed by atoms with Crippen molar-refractivity contribution < 1.29 is 29.0 Å². The highest BCUT2D eigenvalue weighted by Crippen LogP contribution is 2.17. The maximum atomic E-state index is 12.1. The molecule has 3 N–H and O–H groups in total. The van der Waals surface area contributed by atoms with Crippen LogP contribution in [0.15, 0.2) is 0 Å². The predicted molar refractivity (Wildman–Crippen MR) is 79.6 cm³/mol. The Kier molecular flexibility index (Phi) is 6.35. The monoisotopic (exact) mass is 329 g/mol. The summed E-state index contributed by atoms with van der Waals surface area (Å²) in [6, 6.07) is -0.706. The largest absolute Gasteiger partial charge is 0.480 e. The Labute approximate surface area is 134 Å². The molecule has 0 saturated carbocycles. The van der Waals surface area contributed by atoms with E-state index in [-0.39, 0.29) is 6.54 Å². The second-order valence-corrected chi connectivity index (χ2v) is 6.21. The first-order chi connectivity index (χ1) is 10.6. The van der Waals surface area contributed by atoms with Gasteiger partial charge in [0.2, 0.25) is 11.8 Å². The van der Waals surface area contributed by atoms with Crippen molar-refractivity contribution in [3.05, 3.63) is 0 Å². The van der Waals surface area contributed by atoms with Gasteiger partial charge in [-0.25, -0.2) is 4.79 Å². The first-order valence-electron chi connectivity index (χ1n) is 7.36. The molecule has 0 aromatic rings. The van der Waals surface area contributed by atoms with Crippen LogP contribution in [0.25, 0.3) is 0 Å². The Morgan fingerprint density at radius 2 is 1.83 bits per heavy atom.